The van der Waals surface area contributed by atoms with Crippen LogP contribution in [0.15, 0.2) is 6.33 Å². The van der Waals surface area contributed by atoms with Gasteiger partial charge in [0.25, 0.3) is 0 Å². The summed E-state index contributed by atoms with van der Waals surface area (Å²) < 4.78 is 2.02. The third-order valence-corrected chi connectivity index (χ3v) is 4.38. The minimum atomic E-state index is -0.0384. The first-order chi connectivity index (χ1) is 10.6. The van der Waals surface area contributed by atoms with Gasteiger partial charge in [0.2, 0.25) is 5.91 Å². The van der Waals surface area contributed by atoms with E-state index < -0.39 is 0 Å². The van der Waals surface area contributed by atoms with Gasteiger partial charge >= 0.3 is 0 Å². The molecule has 0 unspecified atom stereocenters. The average Bonchev–Trinajstić information content (AvgIpc) is 2.80. The number of nitrogens with one attached hydrogen (secondary N) is 1. The van der Waals surface area contributed by atoms with E-state index in [9.17, 15) is 4.79 Å². The quantitative estimate of drug-likeness (QED) is 0.870. The van der Waals surface area contributed by atoms with E-state index in [1.807, 2.05) is 11.5 Å². The van der Waals surface area contributed by atoms with Gasteiger partial charge < -0.3 is 9.88 Å². The van der Waals surface area contributed by atoms with Gasteiger partial charge in [0, 0.05) is 19.0 Å². The Bertz CT molecular complexity index is 463. The molecule has 1 amide bonds. The van der Waals surface area contributed by atoms with E-state index >= 15 is 0 Å². The smallest absolute Gasteiger partial charge is 0.237 e. The standard InChI is InChI=1S/C16H29N5O/c1-13(2)15-19-18-12-21(15)11-8-17-16(22)14(3)20-9-6-4-5-7-10-20/h12-14H,4-11H2,1-3H3,(H,17,22)/t14-/m0/s1. The van der Waals surface area contributed by atoms with E-state index in [2.05, 4.69) is 34.3 Å². The number of carbonyl (C=O) groups excluding carboxylic acids is 1. The van der Waals surface area contributed by atoms with Crippen molar-refractivity contribution >= 4 is 5.91 Å². The molecule has 1 aliphatic heterocycles. The van der Waals surface area contributed by atoms with Crippen LogP contribution in [0.2, 0.25) is 0 Å². The summed E-state index contributed by atoms with van der Waals surface area (Å²) in [4.78, 5) is 14.6. The van der Waals surface area contributed by atoms with E-state index in [4.69, 9.17) is 0 Å². The summed E-state index contributed by atoms with van der Waals surface area (Å²) in [7, 11) is 0. The van der Waals surface area contributed by atoms with Gasteiger partial charge in [0.05, 0.1) is 6.04 Å². The van der Waals surface area contributed by atoms with Crippen LogP contribution < -0.4 is 5.32 Å². The highest BCUT2D eigenvalue weighted by molar-refractivity contribution is 5.81. The number of hydrogen-bond acceptors (Lipinski definition) is 4. The molecular weight excluding hydrogens is 278 g/mol. The number of hydrogen-bond donors (Lipinski definition) is 1. The lowest BCUT2D eigenvalue weighted by atomic mass is 10.2. The van der Waals surface area contributed by atoms with E-state index in [0.717, 1.165) is 25.5 Å². The average molecular weight is 307 g/mol. The first-order valence-corrected chi connectivity index (χ1v) is 8.49. The molecule has 0 radical (unpaired) electrons. The van der Waals surface area contributed by atoms with Crippen LogP contribution in [0.5, 0.6) is 0 Å². The molecule has 0 saturated carbocycles. The molecule has 0 bridgehead atoms. The van der Waals surface area contributed by atoms with Gasteiger partial charge in [0.15, 0.2) is 0 Å². The molecule has 22 heavy (non-hydrogen) atoms. The van der Waals surface area contributed by atoms with Crippen LogP contribution in [0.25, 0.3) is 0 Å². The van der Waals surface area contributed by atoms with E-state index in [0.29, 0.717) is 12.5 Å². The summed E-state index contributed by atoms with van der Waals surface area (Å²) in [5.74, 6) is 1.44. The largest absolute Gasteiger partial charge is 0.353 e. The van der Waals surface area contributed by atoms with Crippen LogP contribution in [-0.4, -0.2) is 51.2 Å². The van der Waals surface area contributed by atoms with Gasteiger partial charge in [0.1, 0.15) is 12.2 Å². The fraction of sp³-hybridized carbons (Fsp3) is 0.812. The normalized spacial score (nSPS) is 18.2. The van der Waals surface area contributed by atoms with Gasteiger partial charge in [-0.1, -0.05) is 26.7 Å². The Morgan fingerprint density at radius 2 is 1.91 bits per heavy atom. The Balaban J connectivity index is 1.78. The number of carbonyl (C=O) groups is 1. The van der Waals surface area contributed by atoms with Crippen molar-refractivity contribution in [2.75, 3.05) is 19.6 Å². The van der Waals surface area contributed by atoms with E-state index in [-0.39, 0.29) is 11.9 Å². The van der Waals surface area contributed by atoms with Crippen molar-refractivity contribution in [3.8, 4) is 0 Å². The Labute approximate surface area is 133 Å². The molecule has 1 aromatic heterocycles. The zero-order valence-electron chi connectivity index (χ0n) is 14.1. The molecule has 1 N–H and O–H groups in total. The van der Waals surface area contributed by atoms with Crippen molar-refractivity contribution in [3.05, 3.63) is 12.2 Å². The van der Waals surface area contributed by atoms with Crippen LogP contribution in [-0.2, 0) is 11.3 Å². The summed E-state index contributed by atoms with van der Waals surface area (Å²) >= 11 is 0. The predicted molar refractivity (Wildman–Crippen MR) is 86.6 cm³/mol. The molecule has 0 aliphatic carbocycles. The second-order valence-electron chi connectivity index (χ2n) is 6.45. The molecule has 2 rings (SSSR count). The maximum Gasteiger partial charge on any atom is 0.237 e. The lowest BCUT2D eigenvalue weighted by Gasteiger charge is -2.26. The maximum atomic E-state index is 12.3. The highest BCUT2D eigenvalue weighted by atomic mass is 16.2. The highest BCUT2D eigenvalue weighted by Gasteiger charge is 2.21. The summed E-state index contributed by atoms with van der Waals surface area (Å²) in [6.45, 7) is 9.63. The van der Waals surface area contributed by atoms with Gasteiger partial charge in [-0.3, -0.25) is 9.69 Å². The van der Waals surface area contributed by atoms with Crippen molar-refractivity contribution < 1.29 is 4.79 Å². The molecule has 0 aromatic carbocycles. The summed E-state index contributed by atoms with van der Waals surface area (Å²) in [6.07, 6.45) is 6.72. The Hall–Kier alpha value is -1.43. The van der Waals surface area contributed by atoms with Crippen molar-refractivity contribution in [2.45, 2.75) is 65.0 Å². The second kappa shape index (κ2) is 8.27. The molecule has 1 aliphatic rings. The molecular formula is C16H29N5O. The number of rotatable bonds is 6. The lowest BCUT2D eigenvalue weighted by Crippen LogP contribution is -2.46. The van der Waals surface area contributed by atoms with Crippen molar-refractivity contribution in [2.24, 2.45) is 0 Å². The molecule has 2 heterocycles. The van der Waals surface area contributed by atoms with Crippen LogP contribution in [0.1, 0.15) is 58.2 Å². The first-order valence-electron chi connectivity index (χ1n) is 8.49. The Kier molecular flexibility index (Phi) is 6.36. The predicted octanol–water partition coefficient (Wildman–Crippen LogP) is 1.78. The topological polar surface area (TPSA) is 63.1 Å². The van der Waals surface area contributed by atoms with Gasteiger partial charge in [-0.05, 0) is 32.9 Å². The Morgan fingerprint density at radius 3 is 2.55 bits per heavy atom. The van der Waals surface area contributed by atoms with Crippen LogP contribution in [0, 0.1) is 0 Å². The van der Waals surface area contributed by atoms with Crippen LogP contribution in [0.4, 0.5) is 0 Å². The molecule has 6 nitrogen and oxygen atoms in total. The summed E-state index contributed by atoms with van der Waals surface area (Å²) in [5.41, 5.74) is 0. The molecule has 124 valence electrons. The van der Waals surface area contributed by atoms with Gasteiger partial charge in [-0.25, -0.2) is 0 Å². The number of likely N-dealkylation sites (tertiary alicyclic amines) is 1. The van der Waals surface area contributed by atoms with Crippen molar-refractivity contribution in [1.82, 2.24) is 25.0 Å². The molecule has 1 saturated heterocycles. The van der Waals surface area contributed by atoms with Crippen LogP contribution >= 0.6 is 0 Å². The third kappa shape index (κ3) is 4.53. The molecule has 1 fully saturated rings. The molecule has 1 atom stereocenters. The Morgan fingerprint density at radius 1 is 1.23 bits per heavy atom. The summed E-state index contributed by atoms with van der Waals surface area (Å²) in [6, 6.07) is -0.0384. The SMILES string of the molecule is CC(C)c1nncn1CCNC(=O)[C@H](C)N1CCCCCC1. The zero-order chi connectivity index (χ0) is 15.9. The lowest BCUT2D eigenvalue weighted by molar-refractivity contribution is -0.125. The highest BCUT2D eigenvalue weighted by Crippen LogP contribution is 2.12. The van der Waals surface area contributed by atoms with Crippen molar-refractivity contribution in [1.29, 1.82) is 0 Å². The molecule has 0 spiro atoms. The monoisotopic (exact) mass is 307 g/mol. The molecule has 1 aromatic rings. The van der Waals surface area contributed by atoms with E-state index in [1.54, 1.807) is 6.33 Å². The maximum absolute atomic E-state index is 12.3. The van der Waals surface area contributed by atoms with Gasteiger partial charge in [-0.2, -0.15) is 0 Å². The molecule has 6 heteroatoms. The van der Waals surface area contributed by atoms with E-state index in [1.165, 1.54) is 25.7 Å². The third-order valence-electron chi connectivity index (χ3n) is 4.38. The number of aromatic nitrogens is 3. The number of nitrogens with zero attached hydrogens (tertiary/aromatic N) is 4. The number of amides is 1. The van der Waals surface area contributed by atoms with Crippen molar-refractivity contribution in [3.63, 3.8) is 0 Å². The first kappa shape index (κ1) is 16.9. The van der Waals surface area contributed by atoms with Gasteiger partial charge in [-0.15, -0.1) is 10.2 Å². The fourth-order valence-corrected chi connectivity index (χ4v) is 2.98. The summed E-state index contributed by atoms with van der Waals surface area (Å²) in [5, 5.41) is 11.1. The minimum Gasteiger partial charge on any atom is -0.353 e. The van der Waals surface area contributed by atoms with Crippen LogP contribution in [0.3, 0.4) is 0 Å². The minimum absolute atomic E-state index is 0.0384. The fourth-order valence-electron chi connectivity index (χ4n) is 2.98. The second-order valence-corrected chi connectivity index (χ2v) is 6.45. The zero-order valence-corrected chi connectivity index (χ0v) is 14.1.